The van der Waals surface area contributed by atoms with Gasteiger partial charge in [0.1, 0.15) is 5.75 Å². The van der Waals surface area contributed by atoms with Crippen molar-refractivity contribution in [2.45, 2.75) is 33.1 Å². The van der Waals surface area contributed by atoms with Gasteiger partial charge in [0, 0.05) is 13.0 Å². The molecule has 0 spiro atoms. The van der Waals surface area contributed by atoms with Crippen LogP contribution in [0.2, 0.25) is 0 Å². The summed E-state index contributed by atoms with van der Waals surface area (Å²) < 4.78 is 0. The normalized spacial score (nSPS) is 12.4. The Morgan fingerprint density at radius 2 is 1.95 bits per heavy atom. The number of nitrogens with one attached hydrogen (secondary N) is 1. The third kappa shape index (κ3) is 6.57. The minimum absolute atomic E-state index is 0.0693. The lowest BCUT2D eigenvalue weighted by Gasteiger charge is -2.16. The van der Waals surface area contributed by atoms with E-state index >= 15 is 0 Å². The van der Waals surface area contributed by atoms with E-state index in [4.69, 9.17) is 5.73 Å². The summed E-state index contributed by atoms with van der Waals surface area (Å²) in [5.41, 5.74) is 6.80. The highest BCUT2D eigenvalue weighted by atomic mass is 16.3. The monoisotopic (exact) mass is 278 g/mol. The maximum absolute atomic E-state index is 11.8. The molecule has 4 heteroatoms. The number of carbonyl (C=O) groups is 1. The number of hydrogen-bond acceptors (Lipinski definition) is 3. The molecule has 0 saturated heterocycles. The number of benzene rings is 1. The van der Waals surface area contributed by atoms with Crippen molar-refractivity contribution in [3.8, 4) is 5.75 Å². The van der Waals surface area contributed by atoms with Gasteiger partial charge in [-0.1, -0.05) is 26.0 Å². The van der Waals surface area contributed by atoms with Gasteiger partial charge in [-0.25, -0.2) is 0 Å². The van der Waals surface area contributed by atoms with Crippen molar-refractivity contribution in [1.82, 2.24) is 5.32 Å². The molecular weight excluding hydrogens is 252 g/mol. The molecule has 20 heavy (non-hydrogen) atoms. The van der Waals surface area contributed by atoms with Crippen LogP contribution in [0.15, 0.2) is 24.3 Å². The molecular formula is C16H26N2O2. The molecule has 1 aromatic rings. The van der Waals surface area contributed by atoms with E-state index in [-0.39, 0.29) is 17.6 Å². The van der Waals surface area contributed by atoms with Gasteiger partial charge in [-0.2, -0.15) is 0 Å². The van der Waals surface area contributed by atoms with Gasteiger partial charge in [-0.3, -0.25) is 4.79 Å². The standard InChI is InChI=1S/C16H26N2O2/c1-12(2)9-14(11-17)10-16(20)18-8-7-13-3-5-15(19)6-4-13/h3-6,12,14,19H,7-11,17H2,1-2H3,(H,18,20). The molecule has 112 valence electrons. The largest absolute Gasteiger partial charge is 0.508 e. The third-order valence-corrected chi connectivity index (χ3v) is 3.28. The molecule has 0 aliphatic rings. The lowest BCUT2D eigenvalue weighted by Crippen LogP contribution is -2.30. The van der Waals surface area contributed by atoms with Crippen LogP contribution in [0.5, 0.6) is 5.75 Å². The zero-order chi connectivity index (χ0) is 15.0. The van der Waals surface area contributed by atoms with Crippen LogP contribution < -0.4 is 11.1 Å². The molecule has 0 fully saturated rings. The average Bonchev–Trinajstić information content (AvgIpc) is 2.39. The summed E-state index contributed by atoms with van der Waals surface area (Å²) in [6.07, 6.45) is 2.26. The second-order valence-corrected chi connectivity index (χ2v) is 5.70. The summed E-state index contributed by atoms with van der Waals surface area (Å²) in [4.78, 5) is 11.8. The van der Waals surface area contributed by atoms with Gasteiger partial charge in [-0.15, -0.1) is 0 Å². The van der Waals surface area contributed by atoms with Crippen LogP contribution >= 0.6 is 0 Å². The van der Waals surface area contributed by atoms with Gasteiger partial charge in [0.05, 0.1) is 0 Å². The Kier molecular flexibility index (Phi) is 7.09. The second kappa shape index (κ2) is 8.59. The number of phenols is 1. The highest BCUT2D eigenvalue weighted by Crippen LogP contribution is 2.14. The van der Waals surface area contributed by atoms with Crippen molar-refractivity contribution in [1.29, 1.82) is 0 Å². The molecule has 0 saturated carbocycles. The summed E-state index contributed by atoms with van der Waals surface area (Å²) in [7, 11) is 0. The predicted molar refractivity (Wildman–Crippen MR) is 81.4 cm³/mol. The zero-order valence-corrected chi connectivity index (χ0v) is 12.4. The van der Waals surface area contributed by atoms with Crippen molar-refractivity contribution in [3.05, 3.63) is 29.8 Å². The number of phenolic OH excluding ortho intramolecular Hbond substituents is 1. The topological polar surface area (TPSA) is 75.4 Å². The van der Waals surface area contributed by atoms with Crippen molar-refractivity contribution in [2.75, 3.05) is 13.1 Å². The second-order valence-electron chi connectivity index (χ2n) is 5.70. The summed E-state index contributed by atoms with van der Waals surface area (Å²) >= 11 is 0. The van der Waals surface area contributed by atoms with Gasteiger partial charge in [0.15, 0.2) is 0 Å². The molecule has 1 rings (SSSR count). The fourth-order valence-corrected chi connectivity index (χ4v) is 2.27. The van der Waals surface area contributed by atoms with E-state index in [0.717, 1.165) is 18.4 Å². The van der Waals surface area contributed by atoms with E-state index in [0.29, 0.717) is 25.4 Å². The fourth-order valence-electron chi connectivity index (χ4n) is 2.27. The Labute approximate surface area is 121 Å². The van der Waals surface area contributed by atoms with Crippen LogP contribution in [0, 0.1) is 11.8 Å². The highest BCUT2D eigenvalue weighted by Gasteiger charge is 2.13. The van der Waals surface area contributed by atoms with Crippen molar-refractivity contribution < 1.29 is 9.90 Å². The number of rotatable bonds is 8. The Morgan fingerprint density at radius 3 is 2.50 bits per heavy atom. The van der Waals surface area contributed by atoms with Crippen LogP contribution in [0.25, 0.3) is 0 Å². The summed E-state index contributed by atoms with van der Waals surface area (Å²) in [6, 6.07) is 7.04. The Bertz CT molecular complexity index is 401. The number of carbonyl (C=O) groups excluding carboxylic acids is 1. The van der Waals surface area contributed by atoms with E-state index in [1.54, 1.807) is 12.1 Å². The molecule has 0 heterocycles. The molecule has 0 bridgehead atoms. The number of hydrogen-bond donors (Lipinski definition) is 3. The van der Waals surface area contributed by atoms with Gasteiger partial charge in [0.25, 0.3) is 0 Å². The summed E-state index contributed by atoms with van der Waals surface area (Å²) in [5.74, 6) is 1.16. The van der Waals surface area contributed by atoms with Crippen molar-refractivity contribution in [3.63, 3.8) is 0 Å². The van der Waals surface area contributed by atoms with Crippen LogP contribution in [-0.2, 0) is 11.2 Å². The molecule has 1 atom stereocenters. The van der Waals surface area contributed by atoms with E-state index in [1.807, 2.05) is 12.1 Å². The minimum Gasteiger partial charge on any atom is -0.508 e. The molecule has 0 aliphatic heterocycles. The van der Waals surface area contributed by atoms with Crippen LogP contribution in [0.3, 0.4) is 0 Å². The molecule has 4 N–H and O–H groups in total. The van der Waals surface area contributed by atoms with E-state index in [2.05, 4.69) is 19.2 Å². The zero-order valence-electron chi connectivity index (χ0n) is 12.4. The van der Waals surface area contributed by atoms with Gasteiger partial charge in [0.2, 0.25) is 5.91 Å². The Hall–Kier alpha value is -1.55. The predicted octanol–water partition coefficient (Wildman–Crippen LogP) is 2.06. The van der Waals surface area contributed by atoms with Crippen molar-refractivity contribution in [2.24, 2.45) is 17.6 Å². The molecule has 4 nitrogen and oxygen atoms in total. The van der Waals surface area contributed by atoms with E-state index < -0.39 is 0 Å². The smallest absolute Gasteiger partial charge is 0.220 e. The third-order valence-electron chi connectivity index (χ3n) is 3.28. The SMILES string of the molecule is CC(C)CC(CN)CC(=O)NCCc1ccc(O)cc1. The van der Waals surface area contributed by atoms with Crippen LogP contribution in [0.4, 0.5) is 0 Å². The maximum atomic E-state index is 11.8. The lowest BCUT2D eigenvalue weighted by atomic mass is 9.94. The molecule has 0 aromatic heterocycles. The first-order valence-electron chi connectivity index (χ1n) is 7.26. The first kappa shape index (κ1) is 16.5. The van der Waals surface area contributed by atoms with Crippen LogP contribution in [-0.4, -0.2) is 24.1 Å². The quantitative estimate of drug-likeness (QED) is 0.681. The number of nitrogens with two attached hydrogens (primary N) is 1. The number of aromatic hydroxyl groups is 1. The lowest BCUT2D eigenvalue weighted by molar-refractivity contribution is -0.122. The minimum atomic E-state index is 0.0693. The first-order valence-corrected chi connectivity index (χ1v) is 7.26. The van der Waals surface area contributed by atoms with E-state index in [1.165, 1.54) is 0 Å². The first-order chi connectivity index (χ1) is 9.51. The van der Waals surface area contributed by atoms with Gasteiger partial charge < -0.3 is 16.2 Å². The Morgan fingerprint density at radius 1 is 1.30 bits per heavy atom. The average molecular weight is 278 g/mol. The van der Waals surface area contributed by atoms with E-state index in [9.17, 15) is 9.90 Å². The molecule has 0 radical (unpaired) electrons. The maximum Gasteiger partial charge on any atom is 0.220 e. The molecule has 1 aromatic carbocycles. The molecule has 1 unspecified atom stereocenters. The van der Waals surface area contributed by atoms with Crippen molar-refractivity contribution >= 4 is 5.91 Å². The Balaban J connectivity index is 2.27. The fraction of sp³-hybridized carbons (Fsp3) is 0.562. The highest BCUT2D eigenvalue weighted by molar-refractivity contribution is 5.76. The van der Waals surface area contributed by atoms with Crippen LogP contribution in [0.1, 0.15) is 32.3 Å². The summed E-state index contributed by atoms with van der Waals surface area (Å²) in [5, 5.41) is 12.1. The van der Waals surface area contributed by atoms with Gasteiger partial charge in [-0.05, 0) is 48.9 Å². The summed E-state index contributed by atoms with van der Waals surface area (Å²) in [6.45, 7) is 5.46. The molecule has 1 amide bonds. The number of amides is 1. The molecule has 0 aliphatic carbocycles. The van der Waals surface area contributed by atoms with Gasteiger partial charge >= 0.3 is 0 Å².